The monoisotopic (exact) mass is 274 g/mol. The van der Waals surface area contributed by atoms with Crippen LogP contribution in [-0.2, 0) is 9.53 Å². The van der Waals surface area contributed by atoms with Crippen LogP contribution in [0.5, 0.6) is 0 Å². The highest BCUT2D eigenvalue weighted by molar-refractivity contribution is 5.84. The van der Waals surface area contributed by atoms with Gasteiger partial charge in [0.15, 0.2) is 0 Å². The van der Waals surface area contributed by atoms with Gasteiger partial charge >= 0.3 is 0 Å². The first kappa shape index (κ1) is 13.6. The molecule has 0 spiro atoms. The van der Waals surface area contributed by atoms with E-state index in [1.54, 1.807) is 0 Å². The SMILES string of the molecule is Cc1ccc(C2NC(C)C(=O)N2C2CCOC2)c(C)c1. The van der Waals surface area contributed by atoms with Crippen molar-refractivity contribution < 1.29 is 9.53 Å². The molecule has 1 aromatic rings. The average Bonchev–Trinajstić information content (AvgIpc) is 2.99. The molecule has 0 radical (unpaired) electrons. The molecule has 0 saturated carbocycles. The highest BCUT2D eigenvalue weighted by Gasteiger charge is 2.42. The molecule has 2 aliphatic heterocycles. The van der Waals surface area contributed by atoms with Crippen molar-refractivity contribution in [3.05, 3.63) is 34.9 Å². The molecular weight excluding hydrogens is 252 g/mol. The van der Waals surface area contributed by atoms with Crippen molar-refractivity contribution in [3.8, 4) is 0 Å². The molecule has 0 bridgehead atoms. The molecule has 20 heavy (non-hydrogen) atoms. The summed E-state index contributed by atoms with van der Waals surface area (Å²) in [7, 11) is 0. The fourth-order valence-electron chi connectivity index (χ4n) is 3.24. The van der Waals surface area contributed by atoms with Crippen molar-refractivity contribution in [1.29, 1.82) is 0 Å². The fraction of sp³-hybridized carbons (Fsp3) is 0.562. The summed E-state index contributed by atoms with van der Waals surface area (Å²) in [4.78, 5) is 14.5. The van der Waals surface area contributed by atoms with Crippen LogP contribution in [0.1, 0.15) is 36.2 Å². The van der Waals surface area contributed by atoms with Crippen LogP contribution in [-0.4, -0.2) is 36.1 Å². The van der Waals surface area contributed by atoms with Crippen molar-refractivity contribution in [3.63, 3.8) is 0 Å². The minimum absolute atomic E-state index is 0.0233. The van der Waals surface area contributed by atoms with E-state index in [0.29, 0.717) is 6.61 Å². The van der Waals surface area contributed by atoms with Crippen LogP contribution in [0.4, 0.5) is 0 Å². The summed E-state index contributed by atoms with van der Waals surface area (Å²) >= 11 is 0. The highest BCUT2D eigenvalue weighted by atomic mass is 16.5. The van der Waals surface area contributed by atoms with Gasteiger partial charge in [-0.05, 0) is 38.3 Å². The molecule has 4 heteroatoms. The minimum atomic E-state index is -0.124. The summed E-state index contributed by atoms with van der Waals surface area (Å²) < 4.78 is 5.46. The smallest absolute Gasteiger partial charge is 0.241 e. The molecule has 0 aromatic heterocycles. The van der Waals surface area contributed by atoms with Crippen LogP contribution < -0.4 is 5.32 Å². The largest absolute Gasteiger partial charge is 0.379 e. The standard InChI is InChI=1S/C16H22N2O2/c1-10-4-5-14(11(2)8-10)15-17-12(3)16(19)18(15)13-6-7-20-9-13/h4-5,8,12-13,15,17H,6-7,9H2,1-3H3. The van der Waals surface area contributed by atoms with E-state index in [0.717, 1.165) is 13.0 Å². The third-order valence-electron chi connectivity index (χ3n) is 4.33. The number of carbonyl (C=O) groups is 1. The summed E-state index contributed by atoms with van der Waals surface area (Å²) in [6.07, 6.45) is 0.909. The first-order valence-corrected chi connectivity index (χ1v) is 7.31. The zero-order valence-electron chi connectivity index (χ0n) is 12.3. The predicted molar refractivity (Wildman–Crippen MR) is 77.3 cm³/mol. The Labute approximate surface area is 120 Å². The highest BCUT2D eigenvalue weighted by Crippen LogP contribution is 2.32. The van der Waals surface area contributed by atoms with Crippen molar-refractivity contribution in [2.45, 2.75) is 45.4 Å². The molecule has 1 amide bonds. The first-order valence-electron chi connectivity index (χ1n) is 7.31. The summed E-state index contributed by atoms with van der Waals surface area (Å²) in [6, 6.07) is 6.50. The van der Waals surface area contributed by atoms with Crippen molar-refractivity contribution in [2.24, 2.45) is 0 Å². The van der Waals surface area contributed by atoms with E-state index in [2.05, 4.69) is 37.4 Å². The van der Waals surface area contributed by atoms with Gasteiger partial charge in [0.1, 0.15) is 6.17 Å². The van der Waals surface area contributed by atoms with Gasteiger partial charge in [-0.2, -0.15) is 0 Å². The Morgan fingerprint density at radius 1 is 1.35 bits per heavy atom. The Hall–Kier alpha value is -1.39. The van der Waals surface area contributed by atoms with E-state index >= 15 is 0 Å². The lowest BCUT2D eigenvalue weighted by molar-refractivity contribution is -0.132. The number of ether oxygens (including phenoxy) is 1. The minimum Gasteiger partial charge on any atom is -0.379 e. The zero-order valence-corrected chi connectivity index (χ0v) is 12.3. The lowest BCUT2D eigenvalue weighted by Gasteiger charge is -2.30. The Morgan fingerprint density at radius 3 is 2.80 bits per heavy atom. The van der Waals surface area contributed by atoms with Gasteiger partial charge in [0.2, 0.25) is 5.91 Å². The van der Waals surface area contributed by atoms with Crippen LogP contribution >= 0.6 is 0 Å². The van der Waals surface area contributed by atoms with Gasteiger partial charge < -0.3 is 9.64 Å². The molecule has 1 N–H and O–H groups in total. The number of carbonyl (C=O) groups excluding carboxylic acids is 1. The quantitative estimate of drug-likeness (QED) is 0.895. The third kappa shape index (κ3) is 2.23. The molecule has 108 valence electrons. The molecule has 3 rings (SSSR count). The number of rotatable bonds is 2. The average molecular weight is 274 g/mol. The maximum absolute atomic E-state index is 12.5. The van der Waals surface area contributed by atoms with E-state index in [9.17, 15) is 4.79 Å². The zero-order chi connectivity index (χ0) is 14.3. The van der Waals surface area contributed by atoms with E-state index in [-0.39, 0.29) is 24.2 Å². The van der Waals surface area contributed by atoms with Gasteiger partial charge in [-0.1, -0.05) is 23.8 Å². The number of nitrogens with one attached hydrogen (secondary N) is 1. The number of amides is 1. The van der Waals surface area contributed by atoms with Gasteiger partial charge in [0, 0.05) is 6.61 Å². The maximum atomic E-state index is 12.5. The number of nitrogens with zero attached hydrogens (tertiary/aromatic N) is 1. The predicted octanol–water partition coefficient (Wildman–Crippen LogP) is 1.91. The van der Waals surface area contributed by atoms with Crippen LogP contribution in [0.15, 0.2) is 18.2 Å². The van der Waals surface area contributed by atoms with E-state index in [1.807, 2.05) is 11.8 Å². The Morgan fingerprint density at radius 2 is 2.15 bits per heavy atom. The third-order valence-corrected chi connectivity index (χ3v) is 4.33. The van der Waals surface area contributed by atoms with Crippen LogP contribution in [0.25, 0.3) is 0 Å². The lowest BCUT2D eigenvalue weighted by atomic mass is 10.0. The van der Waals surface area contributed by atoms with Crippen molar-refractivity contribution in [1.82, 2.24) is 10.2 Å². The molecule has 3 unspecified atom stereocenters. The Bertz CT molecular complexity index is 523. The van der Waals surface area contributed by atoms with Gasteiger partial charge in [-0.15, -0.1) is 0 Å². The molecule has 2 saturated heterocycles. The summed E-state index contributed by atoms with van der Waals surface area (Å²) in [5, 5.41) is 3.43. The number of hydrogen-bond donors (Lipinski definition) is 1. The normalized spacial score (nSPS) is 30.2. The molecular formula is C16H22N2O2. The maximum Gasteiger partial charge on any atom is 0.241 e. The van der Waals surface area contributed by atoms with Crippen LogP contribution in [0.3, 0.4) is 0 Å². The number of benzene rings is 1. The molecule has 0 aliphatic carbocycles. The van der Waals surface area contributed by atoms with E-state index < -0.39 is 0 Å². The summed E-state index contributed by atoms with van der Waals surface area (Å²) in [5.41, 5.74) is 3.67. The number of aryl methyl sites for hydroxylation is 2. The first-order chi connectivity index (χ1) is 9.58. The molecule has 2 heterocycles. The van der Waals surface area contributed by atoms with Crippen molar-refractivity contribution in [2.75, 3.05) is 13.2 Å². The van der Waals surface area contributed by atoms with Crippen LogP contribution in [0.2, 0.25) is 0 Å². The molecule has 1 aromatic carbocycles. The Balaban J connectivity index is 1.95. The lowest BCUT2D eigenvalue weighted by Crippen LogP contribution is -2.40. The van der Waals surface area contributed by atoms with Gasteiger partial charge in [0.05, 0.1) is 18.7 Å². The van der Waals surface area contributed by atoms with Crippen molar-refractivity contribution >= 4 is 5.91 Å². The topological polar surface area (TPSA) is 41.6 Å². The molecule has 4 nitrogen and oxygen atoms in total. The molecule has 2 fully saturated rings. The van der Waals surface area contributed by atoms with E-state index in [4.69, 9.17) is 4.74 Å². The second-order valence-electron chi connectivity index (χ2n) is 5.91. The number of hydrogen-bond acceptors (Lipinski definition) is 3. The fourth-order valence-corrected chi connectivity index (χ4v) is 3.24. The van der Waals surface area contributed by atoms with Crippen LogP contribution in [0, 0.1) is 13.8 Å². The summed E-state index contributed by atoms with van der Waals surface area (Å²) in [5.74, 6) is 0.186. The molecule has 2 aliphatic rings. The molecule has 3 atom stereocenters. The van der Waals surface area contributed by atoms with Gasteiger partial charge in [-0.25, -0.2) is 0 Å². The Kier molecular flexibility index (Phi) is 3.52. The van der Waals surface area contributed by atoms with E-state index in [1.165, 1.54) is 16.7 Å². The van der Waals surface area contributed by atoms with Gasteiger partial charge in [-0.3, -0.25) is 10.1 Å². The summed E-state index contributed by atoms with van der Waals surface area (Å²) in [6.45, 7) is 7.55. The second kappa shape index (κ2) is 5.19. The second-order valence-corrected chi connectivity index (χ2v) is 5.91. The van der Waals surface area contributed by atoms with Gasteiger partial charge in [0.25, 0.3) is 0 Å².